The maximum atomic E-state index is 13.4. The second-order valence-corrected chi connectivity index (χ2v) is 8.38. The lowest BCUT2D eigenvalue weighted by Crippen LogP contribution is -2.08. The van der Waals surface area contributed by atoms with Crippen LogP contribution in [0.1, 0.15) is 32.3 Å². The Labute approximate surface area is 180 Å². The maximum Gasteiger partial charge on any atom is 0.416 e. The lowest BCUT2D eigenvalue weighted by Gasteiger charge is -2.20. The number of benzene rings is 3. The third-order valence-corrected chi connectivity index (χ3v) is 6.79. The first-order chi connectivity index (χ1) is 14.9. The highest BCUT2D eigenvalue weighted by Crippen LogP contribution is 2.54. The van der Waals surface area contributed by atoms with Crippen molar-refractivity contribution >= 4 is 28.9 Å². The van der Waals surface area contributed by atoms with Crippen molar-refractivity contribution in [2.24, 2.45) is 0 Å². The molecule has 0 aromatic heterocycles. The van der Waals surface area contributed by atoms with Crippen LogP contribution >= 0.6 is 11.8 Å². The van der Waals surface area contributed by atoms with E-state index in [1.54, 1.807) is 19.2 Å². The van der Waals surface area contributed by atoms with Crippen molar-refractivity contribution in [2.45, 2.75) is 16.3 Å². The van der Waals surface area contributed by atoms with E-state index in [1.807, 2.05) is 36.4 Å². The van der Waals surface area contributed by atoms with Gasteiger partial charge in [-0.1, -0.05) is 42.5 Å². The quantitative estimate of drug-likeness (QED) is 0.490. The molecule has 1 aliphatic carbocycles. The molecule has 3 nitrogen and oxygen atoms in total. The van der Waals surface area contributed by atoms with Crippen LogP contribution in [0, 0.1) is 0 Å². The molecular weight excluding hydrogens is 423 g/mol. The maximum absolute atomic E-state index is 13.4. The molecule has 1 N–H and O–H groups in total. The van der Waals surface area contributed by atoms with Crippen LogP contribution in [-0.2, 0) is 6.18 Å². The van der Waals surface area contributed by atoms with Gasteiger partial charge in [-0.25, -0.2) is 0 Å². The van der Waals surface area contributed by atoms with Gasteiger partial charge in [0, 0.05) is 27.2 Å². The summed E-state index contributed by atoms with van der Waals surface area (Å²) in [6.45, 7) is 0. The highest BCUT2D eigenvalue weighted by atomic mass is 32.2. The Morgan fingerprint density at radius 2 is 1.68 bits per heavy atom. The third kappa shape index (κ3) is 3.20. The topological polar surface area (TPSA) is 38.3 Å². The van der Waals surface area contributed by atoms with E-state index in [0.29, 0.717) is 38.7 Å². The highest BCUT2D eigenvalue weighted by molar-refractivity contribution is 8.00. The van der Waals surface area contributed by atoms with Gasteiger partial charge < -0.3 is 10.1 Å². The third-order valence-electron chi connectivity index (χ3n) is 5.45. The molecule has 0 radical (unpaired) electrons. The molecule has 1 aliphatic heterocycles. The molecule has 0 amide bonds. The number of para-hydroxylation sites is 1. The van der Waals surface area contributed by atoms with Gasteiger partial charge in [0.25, 0.3) is 0 Å². The van der Waals surface area contributed by atoms with E-state index in [9.17, 15) is 18.0 Å². The first kappa shape index (κ1) is 19.8. The summed E-state index contributed by atoms with van der Waals surface area (Å²) >= 11 is 1.34. The van der Waals surface area contributed by atoms with Crippen molar-refractivity contribution in [3.63, 3.8) is 0 Å². The molecule has 0 fully saturated rings. The SMILES string of the molecule is COc1ccccc1C1Sc2ccc(C(F)(F)F)cc2NC2=C1C(=O)c1ccccc12. The van der Waals surface area contributed by atoms with Gasteiger partial charge in [-0.15, -0.1) is 11.8 Å². The number of thioether (sulfide) groups is 1. The zero-order chi connectivity index (χ0) is 21.8. The smallest absolute Gasteiger partial charge is 0.416 e. The molecule has 3 aromatic rings. The molecule has 2 aliphatic rings. The summed E-state index contributed by atoms with van der Waals surface area (Å²) < 4.78 is 45.6. The Morgan fingerprint density at radius 3 is 2.42 bits per heavy atom. The molecule has 0 saturated heterocycles. The summed E-state index contributed by atoms with van der Waals surface area (Å²) in [6.07, 6.45) is -4.46. The Hall–Kier alpha value is -3.19. The first-order valence-corrected chi connectivity index (χ1v) is 10.4. The van der Waals surface area contributed by atoms with E-state index in [4.69, 9.17) is 4.74 Å². The molecule has 156 valence electrons. The summed E-state index contributed by atoms with van der Waals surface area (Å²) in [6, 6.07) is 18.2. The monoisotopic (exact) mass is 439 g/mol. The normalized spacial score (nSPS) is 17.4. The molecule has 0 spiro atoms. The van der Waals surface area contributed by atoms with Crippen LogP contribution in [0.2, 0.25) is 0 Å². The van der Waals surface area contributed by atoms with Crippen molar-refractivity contribution in [3.05, 3.63) is 94.6 Å². The zero-order valence-electron chi connectivity index (χ0n) is 16.3. The molecular formula is C24H16F3NO2S. The number of ketones is 1. The lowest BCUT2D eigenvalue weighted by molar-refractivity contribution is -0.137. The average molecular weight is 439 g/mol. The van der Waals surface area contributed by atoms with E-state index in [-0.39, 0.29) is 5.78 Å². The molecule has 0 bridgehead atoms. The van der Waals surface area contributed by atoms with E-state index in [0.717, 1.165) is 17.7 Å². The number of halogens is 3. The van der Waals surface area contributed by atoms with Gasteiger partial charge >= 0.3 is 6.18 Å². The minimum absolute atomic E-state index is 0.134. The van der Waals surface area contributed by atoms with Gasteiger partial charge in [0.15, 0.2) is 5.78 Å². The number of nitrogens with one attached hydrogen (secondary N) is 1. The largest absolute Gasteiger partial charge is 0.496 e. The van der Waals surface area contributed by atoms with Crippen molar-refractivity contribution in [1.29, 1.82) is 0 Å². The summed E-state index contributed by atoms with van der Waals surface area (Å²) in [7, 11) is 1.56. The van der Waals surface area contributed by atoms with E-state index >= 15 is 0 Å². The van der Waals surface area contributed by atoms with Crippen LogP contribution < -0.4 is 10.1 Å². The predicted molar refractivity (Wildman–Crippen MR) is 114 cm³/mol. The molecule has 3 aromatic carbocycles. The number of methoxy groups -OCH3 is 1. The van der Waals surface area contributed by atoms with Crippen LogP contribution in [0.3, 0.4) is 0 Å². The summed E-state index contributed by atoms with van der Waals surface area (Å²) in [5.74, 6) is 0.483. The Kier molecular flexibility index (Phi) is 4.59. The van der Waals surface area contributed by atoms with Crippen molar-refractivity contribution in [2.75, 3.05) is 12.4 Å². The van der Waals surface area contributed by atoms with Crippen molar-refractivity contribution in [1.82, 2.24) is 0 Å². The van der Waals surface area contributed by atoms with Crippen LogP contribution in [-0.4, -0.2) is 12.9 Å². The molecule has 5 rings (SSSR count). The summed E-state index contributed by atoms with van der Waals surface area (Å²) in [5, 5.41) is 2.71. The second kappa shape index (κ2) is 7.20. The number of carbonyl (C=O) groups is 1. The zero-order valence-corrected chi connectivity index (χ0v) is 17.1. The van der Waals surface area contributed by atoms with Gasteiger partial charge in [-0.2, -0.15) is 13.2 Å². The molecule has 0 saturated carbocycles. The van der Waals surface area contributed by atoms with Gasteiger partial charge in [0.2, 0.25) is 0 Å². The second-order valence-electron chi connectivity index (χ2n) is 7.24. The molecule has 1 unspecified atom stereocenters. The first-order valence-electron chi connectivity index (χ1n) is 9.54. The van der Waals surface area contributed by atoms with Gasteiger partial charge in [0.05, 0.1) is 29.3 Å². The highest BCUT2D eigenvalue weighted by Gasteiger charge is 2.40. The number of hydrogen-bond acceptors (Lipinski definition) is 4. The van der Waals surface area contributed by atoms with Gasteiger partial charge in [-0.05, 0) is 24.3 Å². The Bertz CT molecular complexity index is 1250. The molecule has 1 atom stereocenters. The number of fused-ring (bicyclic) bond motifs is 3. The van der Waals surface area contributed by atoms with Crippen LogP contribution in [0.15, 0.2) is 77.2 Å². The van der Waals surface area contributed by atoms with Crippen LogP contribution in [0.25, 0.3) is 5.70 Å². The number of carbonyl (C=O) groups excluding carboxylic acids is 1. The lowest BCUT2D eigenvalue weighted by atomic mass is 10.00. The number of ether oxygens (including phenoxy) is 1. The van der Waals surface area contributed by atoms with Crippen molar-refractivity contribution in [3.8, 4) is 5.75 Å². The number of hydrogen-bond donors (Lipinski definition) is 1. The van der Waals surface area contributed by atoms with Gasteiger partial charge in [0.1, 0.15) is 5.75 Å². The summed E-state index contributed by atoms with van der Waals surface area (Å²) in [4.78, 5) is 14.0. The number of anilines is 1. The van der Waals surface area contributed by atoms with Gasteiger partial charge in [-0.3, -0.25) is 4.79 Å². The van der Waals surface area contributed by atoms with E-state index in [1.165, 1.54) is 17.8 Å². The van der Waals surface area contributed by atoms with E-state index in [2.05, 4.69) is 5.32 Å². The Morgan fingerprint density at radius 1 is 0.968 bits per heavy atom. The average Bonchev–Trinajstić information content (AvgIpc) is 2.93. The fraction of sp³-hybridized carbons (Fsp3) is 0.125. The van der Waals surface area contributed by atoms with E-state index < -0.39 is 17.0 Å². The van der Waals surface area contributed by atoms with Crippen LogP contribution in [0.4, 0.5) is 18.9 Å². The van der Waals surface area contributed by atoms with Crippen LogP contribution in [0.5, 0.6) is 5.75 Å². The predicted octanol–water partition coefficient (Wildman–Crippen LogP) is 6.58. The molecule has 31 heavy (non-hydrogen) atoms. The molecule has 7 heteroatoms. The fourth-order valence-electron chi connectivity index (χ4n) is 4.02. The van der Waals surface area contributed by atoms with Crippen molar-refractivity contribution < 1.29 is 22.7 Å². The standard InChI is InChI=1S/C24H16F3NO2S/c1-30-18-9-5-4-8-16(18)23-20-21(14-6-2-3-7-15(14)22(20)29)28-17-12-13(24(25,26)27)10-11-19(17)31-23/h2-12,23,28H,1H3. The minimum Gasteiger partial charge on any atom is -0.496 e. The fourth-order valence-corrected chi connectivity index (χ4v) is 5.32. The minimum atomic E-state index is -4.46. The molecule has 1 heterocycles. The summed E-state index contributed by atoms with van der Waals surface area (Å²) in [5.41, 5.74) is 2.66. The Balaban J connectivity index is 1.75. The number of Topliss-reactive ketones (excluding diaryl/α,β-unsaturated/α-hetero) is 1. The number of alkyl halides is 3. The number of rotatable bonds is 2.